The van der Waals surface area contributed by atoms with Gasteiger partial charge in [0.25, 0.3) is 11.8 Å². The van der Waals surface area contributed by atoms with Crippen LogP contribution in [0.5, 0.6) is 5.75 Å². The van der Waals surface area contributed by atoms with E-state index in [9.17, 15) is 13.6 Å². The zero-order valence-electron chi connectivity index (χ0n) is 15.4. The van der Waals surface area contributed by atoms with E-state index in [1.54, 1.807) is 12.1 Å². The number of alkyl halides is 2. The average Bonchev–Trinajstić information content (AvgIpc) is 3.40. The molecule has 0 aliphatic carbocycles. The molecule has 2 aromatic carbocycles. The van der Waals surface area contributed by atoms with E-state index in [4.69, 9.17) is 9.47 Å². The molecule has 0 saturated carbocycles. The van der Waals surface area contributed by atoms with E-state index in [1.807, 2.05) is 6.07 Å². The quantitative estimate of drug-likeness (QED) is 0.604. The number of fused-ring (bicyclic) bond motifs is 1. The largest absolute Gasteiger partial charge is 0.492 e. The summed E-state index contributed by atoms with van der Waals surface area (Å²) >= 11 is 0. The topological polar surface area (TPSA) is 63.2 Å². The summed E-state index contributed by atoms with van der Waals surface area (Å²) < 4.78 is 38.0. The van der Waals surface area contributed by atoms with Crippen molar-refractivity contribution in [2.45, 2.75) is 31.9 Å². The molecule has 1 amide bonds. The Balaban J connectivity index is 1.79. The highest BCUT2D eigenvalue weighted by molar-refractivity contribution is 5.97. The molecule has 0 aromatic heterocycles. The molecule has 146 valence electrons. The van der Waals surface area contributed by atoms with Gasteiger partial charge < -0.3 is 14.8 Å². The molecular formula is C21H20F2N2O3. The highest BCUT2D eigenvalue weighted by Crippen LogP contribution is 2.43. The fourth-order valence-electron chi connectivity index (χ4n) is 3.42. The molecule has 0 bridgehead atoms. The van der Waals surface area contributed by atoms with Crippen molar-refractivity contribution in [3.63, 3.8) is 0 Å². The first-order chi connectivity index (χ1) is 13.4. The summed E-state index contributed by atoms with van der Waals surface area (Å²) in [5.41, 5.74) is 3.87. The third kappa shape index (κ3) is 3.49. The maximum absolute atomic E-state index is 13.5. The normalized spacial score (nSPS) is 17.6. The first-order valence-electron chi connectivity index (χ1n) is 9.03. The van der Waals surface area contributed by atoms with Crippen LogP contribution in [0.1, 0.15) is 23.6 Å². The average molecular weight is 386 g/mol. The van der Waals surface area contributed by atoms with Gasteiger partial charge in [-0.25, -0.2) is 8.78 Å². The van der Waals surface area contributed by atoms with Gasteiger partial charge >= 0.3 is 0 Å². The number of epoxide rings is 1. The van der Waals surface area contributed by atoms with E-state index < -0.39 is 12.0 Å². The summed E-state index contributed by atoms with van der Waals surface area (Å²) in [5.74, 6) is -2.41. The molecule has 4 rings (SSSR count). The Labute approximate surface area is 161 Å². The van der Waals surface area contributed by atoms with Gasteiger partial charge in [-0.2, -0.15) is 0 Å². The minimum atomic E-state index is -2.90. The minimum absolute atomic E-state index is 0.0549. The van der Waals surface area contributed by atoms with Crippen molar-refractivity contribution in [3.05, 3.63) is 47.0 Å². The van der Waals surface area contributed by atoms with Crippen molar-refractivity contribution in [2.75, 3.05) is 18.5 Å². The molecule has 28 heavy (non-hydrogen) atoms. The van der Waals surface area contributed by atoms with Gasteiger partial charge in [0.2, 0.25) is 0 Å². The molecule has 1 saturated heterocycles. The number of carbonyl (C=O) groups excluding carboxylic acids is 1. The van der Waals surface area contributed by atoms with E-state index in [0.717, 1.165) is 29.2 Å². The van der Waals surface area contributed by atoms with Crippen LogP contribution < -0.4 is 10.1 Å². The molecule has 2 aromatic rings. The summed E-state index contributed by atoms with van der Waals surface area (Å²) in [5, 5.41) is 2.91. The number of nitrogens with zero attached hydrogens (tertiary/aromatic N) is 1. The fourth-order valence-corrected chi connectivity index (χ4v) is 3.42. The van der Waals surface area contributed by atoms with Crippen molar-refractivity contribution in [2.24, 2.45) is 4.99 Å². The summed E-state index contributed by atoms with van der Waals surface area (Å²) in [7, 11) is 0. The lowest BCUT2D eigenvalue weighted by Crippen LogP contribution is -2.19. The van der Waals surface area contributed by atoms with Crippen LogP contribution in [0, 0.1) is 0 Å². The van der Waals surface area contributed by atoms with Gasteiger partial charge in [-0.3, -0.25) is 9.79 Å². The van der Waals surface area contributed by atoms with Crippen LogP contribution in [-0.4, -0.2) is 31.9 Å². The number of rotatable bonds is 6. The third-order valence-corrected chi connectivity index (χ3v) is 4.95. The summed E-state index contributed by atoms with van der Waals surface area (Å²) in [6.07, 6.45) is 0.255. The Morgan fingerprint density at radius 2 is 2.07 bits per heavy atom. The number of ether oxygens (including phenoxy) is 2. The highest BCUT2D eigenvalue weighted by atomic mass is 19.3. The summed E-state index contributed by atoms with van der Waals surface area (Å²) in [6, 6.07) is 7.92. The predicted molar refractivity (Wildman–Crippen MR) is 102 cm³/mol. The standard InChI is InChI=1S/C21H20F2N2O3/c1-21(22,23)13-5-3-12(4-6-13)15-9-17(25-20(26)18-11-28-18)16(10-24-2)14-7-8-27-19(14)15/h3-6,9,18H,2,7-8,10-11H2,1H3,(H,25,26)/t18-/m1/s1. The Hall–Kier alpha value is -2.80. The number of hydrogen-bond acceptors (Lipinski definition) is 4. The van der Waals surface area contributed by atoms with Gasteiger partial charge in [0.05, 0.1) is 19.8 Å². The number of anilines is 1. The lowest BCUT2D eigenvalue weighted by atomic mass is 9.94. The molecule has 2 heterocycles. The molecular weight excluding hydrogens is 366 g/mol. The Kier molecular flexibility index (Phi) is 4.63. The van der Waals surface area contributed by atoms with Crippen LogP contribution in [0.2, 0.25) is 0 Å². The number of carbonyl (C=O) groups is 1. The van der Waals surface area contributed by atoms with Gasteiger partial charge in [0, 0.05) is 41.3 Å². The Morgan fingerprint density at radius 1 is 1.36 bits per heavy atom. The van der Waals surface area contributed by atoms with Crippen LogP contribution in [0.15, 0.2) is 35.3 Å². The second-order valence-corrected chi connectivity index (χ2v) is 7.02. The lowest BCUT2D eigenvalue weighted by molar-refractivity contribution is -0.117. The van der Waals surface area contributed by atoms with Gasteiger partial charge in [0.1, 0.15) is 5.75 Å². The summed E-state index contributed by atoms with van der Waals surface area (Å²) in [4.78, 5) is 16.2. The van der Waals surface area contributed by atoms with Crippen LogP contribution in [-0.2, 0) is 28.4 Å². The zero-order chi connectivity index (χ0) is 19.9. The number of aliphatic imine (C=N–C) groups is 1. The number of amides is 1. The third-order valence-electron chi connectivity index (χ3n) is 4.95. The van der Waals surface area contributed by atoms with Crippen LogP contribution in [0.25, 0.3) is 11.1 Å². The molecule has 7 heteroatoms. The fraction of sp³-hybridized carbons (Fsp3) is 0.333. The molecule has 0 unspecified atom stereocenters. The first-order valence-corrected chi connectivity index (χ1v) is 9.03. The smallest absolute Gasteiger partial charge is 0.270 e. The van der Waals surface area contributed by atoms with Crippen LogP contribution >= 0.6 is 0 Å². The van der Waals surface area contributed by atoms with Gasteiger partial charge in [-0.1, -0.05) is 24.3 Å². The Bertz CT molecular complexity index is 932. The number of hydrogen-bond donors (Lipinski definition) is 1. The maximum atomic E-state index is 13.5. The second-order valence-electron chi connectivity index (χ2n) is 7.02. The maximum Gasteiger partial charge on any atom is 0.270 e. The lowest BCUT2D eigenvalue weighted by Gasteiger charge is -2.18. The number of nitrogens with one attached hydrogen (secondary N) is 1. The van der Waals surface area contributed by atoms with Crippen molar-refractivity contribution in [1.82, 2.24) is 0 Å². The minimum Gasteiger partial charge on any atom is -0.492 e. The van der Waals surface area contributed by atoms with Crippen molar-refractivity contribution in [3.8, 4) is 16.9 Å². The zero-order valence-corrected chi connectivity index (χ0v) is 15.4. The Morgan fingerprint density at radius 3 is 2.68 bits per heavy atom. The molecule has 1 atom stereocenters. The molecule has 1 fully saturated rings. The highest BCUT2D eigenvalue weighted by Gasteiger charge is 2.33. The number of halogens is 2. The molecule has 5 nitrogen and oxygen atoms in total. The number of benzene rings is 2. The van der Waals surface area contributed by atoms with Crippen LogP contribution in [0.4, 0.5) is 14.5 Å². The van der Waals surface area contributed by atoms with Crippen molar-refractivity contribution < 1.29 is 23.0 Å². The van der Waals surface area contributed by atoms with E-state index in [2.05, 4.69) is 17.0 Å². The van der Waals surface area contributed by atoms with Gasteiger partial charge in [0.15, 0.2) is 6.10 Å². The first kappa shape index (κ1) is 18.6. The van der Waals surface area contributed by atoms with Crippen LogP contribution in [0.3, 0.4) is 0 Å². The molecule has 2 aliphatic rings. The monoisotopic (exact) mass is 386 g/mol. The molecule has 0 spiro atoms. The summed E-state index contributed by atoms with van der Waals surface area (Å²) in [6.45, 7) is 5.70. The van der Waals surface area contributed by atoms with Crippen molar-refractivity contribution >= 4 is 18.3 Å². The second kappa shape index (κ2) is 6.98. The van der Waals surface area contributed by atoms with E-state index >= 15 is 0 Å². The molecule has 1 N–H and O–H groups in total. The van der Waals surface area contributed by atoms with Crippen molar-refractivity contribution in [1.29, 1.82) is 0 Å². The SMILES string of the molecule is C=NCc1c(NC(=O)[C@H]2CO2)cc(-c2ccc(C(C)(F)F)cc2)c2c1CCO2. The van der Waals surface area contributed by atoms with E-state index in [1.165, 1.54) is 12.1 Å². The molecule has 2 aliphatic heterocycles. The predicted octanol–water partition coefficient (Wildman–Crippen LogP) is 3.94. The van der Waals surface area contributed by atoms with E-state index in [0.29, 0.717) is 37.6 Å². The molecule has 0 radical (unpaired) electrons. The van der Waals surface area contributed by atoms with Gasteiger partial charge in [-0.15, -0.1) is 0 Å². The van der Waals surface area contributed by atoms with Gasteiger partial charge in [-0.05, 0) is 18.3 Å². The van der Waals surface area contributed by atoms with E-state index in [-0.39, 0.29) is 11.5 Å².